The maximum atomic E-state index is 12.6. The van der Waals surface area contributed by atoms with Gasteiger partial charge in [0.25, 0.3) is 11.5 Å². The number of aliphatic hydroxyl groups excluding tert-OH is 1. The van der Waals surface area contributed by atoms with E-state index < -0.39 is 0 Å². The molecule has 0 bridgehead atoms. The summed E-state index contributed by atoms with van der Waals surface area (Å²) in [5, 5.41) is 12.3. The number of hydrogen-bond acceptors (Lipinski definition) is 4. The maximum Gasteiger partial charge on any atom is 0.261 e. The van der Waals surface area contributed by atoms with Crippen LogP contribution in [0.1, 0.15) is 46.1 Å². The number of nitrogens with zero attached hydrogens (tertiary/aromatic N) is 1. The van der Waals surface area contributed by atoms with Gasteiger partial charge in [-0.3, -0.25) is 14.5 Å². The number of aryl methyl sites for hydroxylation is 1. The summed E-state index contributed by atoms with van der Waals surface area (Å²) in [5.74, 6) is -0.334. The van der Waals surface area contributed by atoms with E-state index in [9.17, 15) is 14.7 Å². The first-order valence-corrected chi connectivity index (χ1v) is 9.11. The normalized spacial score (nSPS) is 20.3. The van der Waals surface area contributed by atoms with Gasteiger partial charge >= 0.3 is 0 Å². The molecule has 1 atom stereocenters. The van der Waals surface area contributed by atoms with Crippen molar-refractivity contribution >= 4 is 5.91 Å². The fraction of sp³-hybridized carbons (Fsp3) is 0.400. The molecule has 1 aromatic carbocycles. The summed E-state index contributed by atoms with van der Waals surface area (Å²) in [6.07, 6.45) is 2.67. The van der Waals surface area contributed by atoms with Crippen LogP contribution < -0.4 is 10.9 Å². The minimum absolute atomic E-state index is 0.0471. The number of carbonyl (C=O) groups is 1. The fourth-order valence-electron chi connectivity index (χ4n) is 3.84. The van der Waals surface area contributed by atoms with E-state index >= 15 is 0 Å². The number of nitrogens with one attached hydrogen (secondary N) is 2. The standard InChI is InChI=1S/C20H23N3O3/c24-15-11-23(12-15)10-14-8-9-17(19(25)21-14)20(26)22-18-7-3-5-13-4-1-2-6-16(13)18/h1-2,4,6,8-9,15,18,24H,3,5,7,10-12H2,(H,21,25)(H,22,26)/t18-/m1/s1. The second-order valence-corrected chi connectivity index (χ2v) is 7.19. The highest BCUT2D eigenvalue weighted by Gasteiger charge is 2.25. The van der Waals surface area contributed by atoms with Gasteiger partial charge in [0, 0.05) is 25.3 Å². The summed E-state index contributed by atoms with van der Waals surface area (Å²) in [6.45, 7) is 1.81. The molecule has 3 N–H and O–H groups in total. The molecular formula is C20H23N3O3. The first-order chi connectivity index (χ1) is 12.6. The number of carbonyl (C=O) groups excluding carboxylic acids is 1. The van der Waals surface area contributed by atoms with E-state index in [2.05, 4.69) is 16.4 Å². The number of amides is 1. The predicted molar refractivity (Wildman–Crippen MR) is 97.9 cm³/mol. The Kier molecular flexibility index (Phi) is 4.61. The van der Waals surface area contributed by atoms with Crippen molar-refractivity contribution in [2.75, 3.05) is 13.1 Å². The van der Waals surface area contributed by atoms with Gasteiger partial charge in [0.1, 0.15) is 5.56 Å². The Morgan fingerprint density at radius 3 is 2.81 bits per heavy atom. The molecule has 0 saturated carbocycles. The van der Waals surface area contributed by atoms with E-state index in [4.69, 9.17) is 0 Å². The smallest absolute Gasteiger partial charge is 0.261 e. The Hall–Kier alpha value is -2.44. The molecule has 2 heterocycles. The van der Waals surface area contributed by atoms with Crippen molar-refractivity contribution in [1.29, 1.82) is 0 Å². The van der Waals surface area contributed by atoms with Gasteiger partial charge in [-0.05, 0) is 42.5 Å². The fourth-order valence-corrected chi connectivity index (χ4v) is 3.84. The van der Waals surface area contributed by atoms with Gasteiger partial charge in [0.15, 0.2) is 0 Å². The summed E-state index contributed by atoms with van der Waals surface area (Å²) in [5.41, 5.74) is 2.94. The first-order valence-electron chi connectivity index (χ1n) is 9.11. The number of benzene rings is 1. The lowest BCUT2D eigenvalue weighted by Crippen LogP contribution is -2.50. The molecule has 1 saturated heterocycles. The Balaban J connectivity index is 1.46. The van der Waals surface area contributed by atoms with Gasteiger partial charge in [0.05, 0.1) is 12.1 Å². The second kappa shape index (κ2) is 7.05. The van der Waals surface area contributed by atoms with E-state index in [-0.39, 0.29) is 29.2 Å². The number of fused-ring (bicyclic) bond motifs is 1. The predicted octanol–water partition coefficient (Wildman–Crippen LogP) is 1.36. The van der Waals surface area contributed by atoms with Crippen molar-refractivity contribution in [2.45, 2.75) is 38.0 Å². The van der Waals surface area contributed by atoms with Crippen molar-refractivity contribution in [3.8, 4) is 0 Å². The zero-order valence-corrected chi connectivity index (χ0v) is 14.6. The van der Waals surface area contributed by atoms with E-state index in [0.717, 1.165) is 30.5 Å². The number of rotatable bonds is 4. The highest BCUT2D eigenvalue weighted by molar-refractivity contribution is 5.94. The van der Waals surface area contributed by atoms with Crippen LogP contribution in [0.3, 0.4) is 0 Å². The average Bonchev–Trinajstić information content (AvgIpc) is 2.61. The lowest BCUT2D eigenvalue weighted by molar-refractivity contribution is -0.00356. The molecule has 0 unspecified atom stereocenters. The van der Waals surface area contributed by atoms with Gasteiger partial charge in [0.2, 0.25) is 0 Å². The van der Waals surface area contributed by atoms with Crippen molar-refractivity contribution < 1.29 is 9.90 Å². The van der Waals surface area contributed by atoms with Crippen LogP contribution in [0.15, 0.2) is 41.2 Å². The van der Waals surface area contributed by atoms with Crippen molar-refractivity contribution in [3.63, 3.8) is 0 Å². The Morgan fingerprint density at radius 1 is 1.23 bits per heavy atom. The molecule has 6 heteroatoms. The SMILES string of the molecule is O=C(N[C@@H]1CCCc2ccccc21)c1ccc(CN2CC(O)C2)[nH]c1=O. The number of aromatic nitrogens is 1. The summed E-state index contributed by atoms with van der Waals surface area (Å²) < 4.78 is 0. The molecule has 0 spiro atoms. The molecule has 136 valence electrons. The molecule has 1 amide bonds. The molecule has 4 rings (SSSR count). The van der Waals surface area contributed by atoms with Crippen LogP contribution in [-0.2, 0) is 13.0 Å². The lowest BCUT2D eigenvalue weighted by Gasteiger charge is -2.35. The van der Waals surface area contributed by atoms with E-state index in [1.54, 1.807) is 12.1 Å². The molecule has 1 aromatic heterocycles. The van der Waals surface area contributed by atoms with Crippen LogP contribution in [0.5, 0.6) is 0 Å². The van der Waals surface area contributed by atoms with Crippen LogP contribution in [0, 0.1) is 0 Å². The Bertz CT molecular complexity index is 871. The molecule has 6 nitrogen and oxygen atoms in total. The third-order valence-corrected chi connectivity index (χ3v) is 5.22. The van der Waals surface area contributed by atoms with E-state index in [1.807, 2.05) is 23.1 Å². The minimum Gasteiger partial charge on any atom is -0.390 e. The third-order valence-electron chi connectivity index (χ3n) is 5.22. The molecule has 2 aliphatic rings. The number of hydrogen-bond donors (Lipinski definition) is 3. The second-order valence-electron chi connectivity index (χ2n) is 7.19. The zero-order chi connectivity index (χ0) is 18.1. The van der Waals surface area contributed by atoms with Crippen molar-refractivity contribution in [3.05, 3.63) is 69.1 Å². The summed E-state index contributed by atoms with van der Waals surface area (Å²) in [7, 11) is 0. The molecule has 26 heavy (non-hydrogen) atoms. The summed E-state index contributed by atoms with van der Waals surface area (Å²) in [6, 6.07) is 11.5. The largest absolute Gasteiger partial charge is 0.390 e. The van der Waals surface area contributed by atoms with Crippen molar-refractivity contribution in [2.24, 2.45) is 0 Å². The van der Waals surface area contributed by atoms with Gasteiger partial charge in [-0.1, -0.05) is 24.3 Å². The molecule has 1 aliphatic carbocycles. The number of aliphatic hydroxyl groups is 1. The Labute approximate surface area is 151 Å². The average molecular weight is 353 g/mol. The number of aromatic amines is 1. The summed E-state index contributed by atoms with van der Waals surface area (Å²) >= 11 is 0. The molecule has 1 fully saturated rings. The Morgan fingerprint density at radius 2 is 2.04 bits per heavy atom. The highest BCUT2D eigenvalue weighted by Crippen LogP contribution is 2.29. The minimum atomic E-state index is -0.370. The van der Waals surface area contributed by atoms with Crippen LogP contribution in [0.25, 0.3) is 0 Å². The highest BCUT2D eigenvalue weighted by atomic mass is 16.3. The topological polar surface area (TPSA) is 85.4 Å². The van der Waals surface area contributed by atoms with Crippen LogP contribution >= 0.6 is 0 Å². The van der Waals surface area contributed by atoms with Crippen LogP contribution in [0.4, 0.5) is 0 Å². The maximum absolute atomic E-state index is 12.6. The van der Waals surface area contributed by atoms with Gasteiger partial charge in [-0.15, -0.1) is 0 Å². The number of β-amino-alcohol motifs (C(OH)–C–C–N with tert-alkyl or cyclic N) is 1. The van der Waals surface area contributed by atoms with Crippen LogP contribution in [-0.4, -0.2) is 40.1 Å². The number of pyridine rings is 1. The molecule has 2 aromatic rings. The number of likely N-dealkylation sites (tertiary alicyclic amines) is 1. The van der Waals surface area contributed by atoms with Crippen LogP contribution in [0.2, 0.25) is 0 Å². The van der Waals surface area contributed by atoms with Crippen molar-refractivity contribution in [1.82, 2.24) is 15.2 Å². The number of H-pyrrole nitrogens is 1. The zero-order valence-electron chi connectivity index (χ0n) is 14.6. The van der Waals surface area contributed by atoms with Gasteiger partial charge in [-0.2, -0.15) is 0 Å². The molecule has 0 radical (unpaired) electrons. The quantitative estimate of drug-likeness (QED) is 0.775. The third kappa shape index (κ3) is 3.43. The molecule has 1 aliphatic heterocycles. The monoisotopic (exact) mass is 353 g/mol. The first kappa shape index (κ1) is 17.0. The van der Waals surface area contributed by atoms with Gasteiger partial charge < -0.3 is 15.4 Å². The van der Waals surface area contributed by atoms with E-state index in [0.29, 0.717) is 19.6 Å². The lowest BCUT2D eigenvalue weighted by atomic mass is 9.87. The summed E-state index contributed by atoms with van der Waals surface area (Å²) in [4.78, 5) is 29.8. The van der Waals surface area contributed by atoms with E-state index in [1.165, 1.54) is 5.56 Å². The van der Waals surface area contributed by atoms with Gasteiger partial charge in [-0.25, -0.2) is 0 Å². The molecular weight excluding hydrogens is 330 g/mol.